The average Bonchev–Trinajstić information content (AvgIpc) is 3.80. The molecule has 2 aromatic heterocycles. The van der Waals surface area contributed by atoms with Gasteiger partial charge in [-0.3, -0.25) is 0 Å². The molecule has 10 aromatic carbocycles. The van der Waals surface area contributed by atoms with Gasteiger partial charge in [0.05, 0.1) is 0 Å². The number of fused-ring (bicyclic) bond motifs is 2. The average molecular weight is 637 g/mol. The van der Waals surface area contributed by atoms with E-state index in [1.165, 1.54) is 65.0 Å². The van der Waals surface area contributed by atoms with Crippen molar-refractivity contribution in [2.24, 2.45) is 0 Å². The van der Waals surface area contributed by atoms with Crippen molar-refractivity contribution in [1.82, 2.24) is 9.97 Å². The lowest BCUT2D eigenvalue weighted by Gasteiger charge is -2.18. The molecule has 0 aliphatic rings. The fraction of sp³-hybridized carbons (Fsp3) is 0. The third-order valence-corrected chi connectivity index (χ3v) is 10.7. The van der Waals surface area contributed by atoms with Gasteiger partial charge in [0.25, 0.3) is 0 Å². The third kappa shape index (κ3) is 3.44. The molecule has 2 heterocycles. The third-order valence-electron chi connectivity index (χ3n) is 10.7. The summed E-state index contributed by atoms with van der Waals surface area (Å²) >= 11 is 0. The smallest absolute Gasteiger partial charge is 0.227 e. The van der Waals surface area contributed by atoms with E-state index in [-0.39, 0.29) is 0 Å². The first-order valence-corrected chi connectivity index (χ1v) is 16.9. The summed E-state index contributed by atoms with van der Waals surface area (Å²) in [5, 5.41) is 14.6. The lowest BCUT2D eigenvalue weighted by atomic mass is 9.85. The highest BCUT2D eigenvalue weighted by atomic mass is 16.4. The van der Waals surface area contributed by atoms with Crippen LogP contribution in [0.4, 0.5) is 0 Å². The zero-order valence-electron chi connectivity index (χ0n) is 26.6. The van der Waals surface area contributed by atoms with Crippen molar-refractivity contribution in [3.8, 4) is 34.0 Å². The standard InChI is InChI=1S/C46H24N2O2/c1-3-7-39-37(5-1)47-45(49-39)35-23-15-27-11-19-31-29(17-9-25-13-21-33(35)43(27)41(25)31)30-18-10-26-14-22-34-36(46-48-38-6-2-4-8-40(38)50-46)24-16-28-12-20-32(30)42(26)44(28)34/h1-24H. The predicted octanol–water partition coefficient (Wildman–Crippen LogP) is 12.8. The number of nitrogens with zero attached hydrogens (tertiary/aromatic N) is 2. The zero-order chi connectivity index (χ0) is 32.5. The van der Waals surface area contributed by atoms with Gasteiger partial charge in [0.2, 0.25) is 11.8 Å². The first kappa shape index (κ1) is 26.2. The Morgan fingerprint density at radius 3 is 1.00 bits per heavy atom. The van der Waals surface area contributed by atoms with E-state index in [1.54, 1.807) is 0 Å². The quantitative estimate of drug-likeness (QED) is 0.181. The number of hydrogen-bond donors (Lipinski definition) is 0. The Balaban J connectivity index is 1.11. The van der Waals surface area contributed by atoms with Crippen molar-refractivity contribution in [2.45, 2.75) is 0 Å². The van der Waals surface area contributed by atoms with E-state index in [1.807, 2.05) is 48.5 Å². The molecule has 0 aliphatic heterocycles. The van der Waals surface area contributed by atoms with E-state index in [4.69, 9.17) is 18.8 Å². The molecule has 0 atom stereocenters. The van der Waals surface area contributed by atoms with Crippen molar-refractivity contribution in [3.63, 3.8) is 0 Å². The fourth-order valence-electron chi connectivity index (χ4n) is 8.42. The molecule has 12 rings (SSSR count). The summed E-state index contributed by atoms with van der Waals surface area (Å²) in [6.07, 6.45) is 0. The van der Waals surface area contributed by atoms with E-state index < -0.39 is 0 Å². The van der Waals surface area contributed by atoms with Gasteiger partial charge in [0.15, 0.2) is 11.2 Å². The summed E-state index contributed by atoms with van der Waals surface area (Å²) in [7, 11) is 0. The van der Waals surface area contributed by atoms with Crippen LogP contribution in [0.25, 0.3) is 121 Å². The molecule has 0 bridgehead atoms. The molecule has 0 aliphatic carbocycles. The molecule has 4 heteroatoms. The minimum Gasteiger partial charge on any atom is -0.436 e. The topological polar surface area (TPSA) is 52.1 Å². The van der Waals surface area contributed by atoms with E-state index in [2.05, 4.69) is 97.1 Å². The zero-order valence-corrected chi connectivity index (χ0v) is 26.6. The second-order valence-electron chi connectivity index (χ2n) is 13.3. The number of rotatable bonds is 3. The van der Waals surface area contributed by atoms with Crippen LogP contribution in [0.3, 0.4) is 0 Å². The fourth-order valence-corrected chi connectivity index (χ4v) is 8.42. The van der Waals surface area contributed by atoms with Gasteiger partial charge in [-0.15, -0.1) is 0 Å². The molecule has 0 saturated carbocycles. The highest BCUT2D eigenvalue weighted by Crippen LogP contribution is 2.46. The molecule has 0 unspecified atom stereocenters. The van der Waals surface area contributed by atoms with Gasteiger partial charge >= 0.3 is 0 Å². The molecule has 230 valence electrons. The minimum absolute atomic E-state index is 0.647. The number of oxazole rings is 2. The van der Waals surface area contributed by atoms with Gasteiger partial charge in [0.1, 0.15) is 11.0 Å². The molecule has 50 heavy (non-hydrogen) atoms. The Morgan fingerprint density at radius 2 is 0.620 bits per heavy atom. The van der Waals surface area contributed by atoms with Gasteiger partial charge < -0.3 is 8.83 Å². The molecule has 0 radical (unpaired) electrons. The van der Waals surface area contributed by atoms with Crippen LogP contribution in [0.2, 0.25) is 0 Å². The summed E-state index contributed by atoms with van der Waals surface area (Å²) in [6, 6.07) is 51.7. The van der Waals surface area contributed by atoms with Crippen molar-refractivity contribution in [2.75, 3.05) is 0 Å². The molecule has 4 nitrogen and oxygen atoms in total. The van der Waals surface area contributed by atoms with Gasteiger partial charge in [-0.1, -0.05) is 109 Å². The molecule has 0 saturated heterocycles. The van der Waals surface area contributed by atoms with E-state index in [9.17, 15) is 0 Å². The van der Waals surface area contributed by atoms with Gasteiger partial charge in [-0.2, -0.15) is 0 Å². The van der Waals surface area contributed by atoms with Crippen LogP contribution in [0.5, 0.6) is 0 Å². The maximum atomic E-state index is 6.27. The molecule has 0 fully saturated rings. The molecule has 0 spiro atoms. The highest BCUT2D eigenvalue weighted by molar-refractivity contribution is 6.31. The molecule has 12 aromatic rings. The second kappa shape index (κ2) is 9.43. The Bertz CT molecular complexity index is 3040. The van der Waals surface area contributed by atoms with Crippen LogP contribution in [0.15, 0.2) is 154 Å². The highest BCUT2D eigenvalue weighted by Gasteiger charge is 2.20. The van der Waals surface area contributed by atoms with E-state index in [0.29, 0.717) is 11.8 Å². The summed E-state index contributed by atoms with van der Waals surface area (Å²) in [4.78, 5) is 9.73. The van der Waals surface area contributed by atoms with Gasteiger partial charge in [0, 0.05) is 11.1 Å². The van der Waals surface area contributed by atoms with E-state index in [0.717, 1.165) is 44.1 Å². The predicted molar refractivity (Wildman–Crippen MR) is 205 cm³/mol. The van der Waals surface area contributed by atoms with Crippen LogP contribution >= 0.6 is 0 Å². The van der Waals surface area contributed by atoms with Crippen LogP contribution < -0.4 is 0 Å². The summed E-state index contributed by atoms with van der Waals surface area (Å²) in [6.45, 7) is 0. The largest absolute Gasteiger partial charge is 0.436 e. The van der Waals surface area contributed by atoms with Crippen molar-refractivity contribution >= 4 is 86.8 Å². The lowest BCUT2D eigenvalue weighted by Crippen LogP contribution is -1.92. The van der Waals surface area contributed by atoms with Crippen LogP contribution in [0, 0.1) is 0 Å². The minimum atomic E-state index is 0.647. The number of hydrogen-bond acceptors (Lipinski definition) is 4. The molecule has 0 N–H and O–H groups in total. The Labute approximate surface area is 284 Å². The van der Waals surface area contributed by atoms with Crippen molar-refractivity contribution in [1.29, 1.82) is 0 Å². The molecular formula is C46H24N2O2. The van der Waals surface area contributed by atoms with E-state index >= 15 is 0 Å². The van der Waals surface area contributed by atoms with Gasteiger partial charge in [-0.25, -0.2) is 9.97 Å². The van der Waals surface area contributed by atoms with Crippen LogP contribution in [-0.2, 0) is 0 Å². The van der Waals surface area contributed by atoms with Crippen molar-refractivity contribution < 1.29 is 8.83 Å². The normalized spacial score (nSPS) is 12.4. The number of benzene rings is 10. The Kier molecular flexibility index (Phi) is 4.94. The van der Waals surface area contributed by atoms with Gasteiger partial charge in [-0.05, 0) is 112 Å². The number of para-hydroxylation sites is 4. The Hall–Kier alpha value is -6.78. The summed E-state index contributed by atoms with van der Waals surface area (Å²) in [5.74, 6) is 1.29. The maximum absolute atomic E-state index is 6.27. The lowest BCUT2D eigenvalue weighted by molar-refractivity contribution is 0.620. The molecule has 0 amide bonds. The number of aromatic nitrogens is 2. The van der Waals surface area contributed by atoms with Crippen LogP contribution in [-0.4, -0.2) is 9.97 Å². The van der Waals surface area contributed by atoms with Crippen LogP contribution in [0.1, 0.15) is 0 Å². The monoisotopic (exact) mass is 636 g/mol. The summed E-state index contributed by atoms with van der Waals surface area (Å²) < 4.78 is 12.5. The van der Waals surface area contributed by atoms with Crippen molar-refractivity contribution in [3.05, 3.63) is 146 Å². The first-order chi connectivity index (χ1) is 24.8. The first-order valence-electron chi connectivity index (χ1n) is 16.9. The maximum Gasteiger partial charge on any atom is 0.227 e. The summed E-state index contributed by atoms with van der Waals surface area (Å²) in [5.41, 5.74) is 7.77. The Morgan fingerprint density at radius 1 is 0.300 bits per heavy atom. The molecular weight excluding hydrogens is 613 g/mol. The second-order valence-corrected chi connectivity index (χ2v) is 13.3. The SMILES string of the molecule is c1ccc2oc(-c3ccc4ccc5c(-c6ccc7ccc8c(-c9nc%10ccccc%10o9)ccc9ccc6c7c98)ccc6ccc3c4c65)nc2c1.